The second-order valence-electron chi connectivity index (χ2n) is 3.86. The van der Waals surface area contributed by atoms with Crippen LogP contribution >= 0.6 is 0 Å². The highest BCUT2D eigenvalue weighted by Crippen LogP contribution is 2.17. The number of methoxy groups -OCH3 is 2. The van der Waals surface area contributed by atoms with Crippen LogP contribution in [0.15, 0.2) is 36.4 Å². The van der Waals surface area contributed by atoms with Crippen molar-refractivity contribution < 1.29 is 14.2 Å². The van der Waals surface area contributed by atoms with Crippen LogP contribution in [0.4, 0.5) is 5.95 Å². The van der Waals surface area contributed by atoms with Crippen LogP contribution in [-0.2, 0) is 0 Å². The van der Waals surface area contributed by atoms with E-state index in [9.17, 15) is 0 Å². The maximum Gasteiger partial charge on any atom is 0.229 e. The van der Waals surface area contributed by atoms with Crippen LogP contribution < -0.4 is 19.5 Å². The fraction of sp³-hybridized carbons (Fsp3) is 0.286. The van der Waals surface area contributed by atoms with Gasteiger partial charge >= 0.3 is 0 Å². The van der Waals surface area contributed by atoms with E-state index >= 15 is 0 Å². The molecule has 0 spiro atoms. The smallest absolute Gasteiger partial charge is 0.229 e. The molecule has 1 heterocycles. The van der Waals surface area contributed by atoms with Crippen LogP contribution in [0, 0.1) is 0 Å². The number of ether oxygens (including phenoxy) is 3. The van der Waals surface area contributed by atoms with Crippen LogP contribution in [0.25, 0.3) is 0 Å². The summed E-state index contributed by atoms with van der Waals surface area (Å²) in [7, 11) is 3.09. The van der Waals surface area contributed by atoms with Gasteiger partial charge in [0.15, 0.2) is 0 Å². The number of nitrogens with one attached hydrogen (secondary N) is 1. The summed E-state index contributed by atoms with van der Waals surface area (Å²) in [6.45, 7) is 1.08. The van der Waals surface area contributed by atoms with E-state index in [1.54, 1.807) is 20.3 Å². The summed E-state index contributed by atoms with van der Waals surface area (Å²) in [6, 6.07) is 11.2. The molecule has 1 aromatic carbocycles. The molecule has 2 aromatic rings. The van der Waals surface area contributed by atoms with Crippen molar-refractivity contribution in [3.05, 3.63) is 36.4 Å². The van der Waals surface area contributed by atoms with Crippen molar-refractivity contribution in [1.82, 2.24) is 9.97 Å². The number of para-hydroxylation sites is 1. The molecule has 0 bridgehead atoms. The zero-order valence-corrected chi connectivity index (χ0v) is 11.5. The molecule has 1 N–H and O–H groups in total. The summed E-state index contributed by atoms with van der Waals surface area (Å²) >= 11 is 0. The molecular weight excluding hydrogens is 258 g/mol. The van der Waals surface area contributed by atoms with Crippen molar-refractivity contribution in [2.24, 2.45) is 0 Å². The van der Waals surface area contributed by atoms with E-state index in [1.807, 2.05) is 30.3 Å². The predicted molar refractivity (Wildman–Crippen MR) is 75.6 cm³/mol. The molecule has 1 aromatic heterocycles. The standard InChI is InChI=1S/C14H17N3O3/c1-18-12-10-13(19-2)17-14(16-12)15-8-9-20-11-6-4-3-5-7-11/h3-7,10H,8-9H2,1-2H3,(H,15,16,17). The number of nitrogens with zero attached hydrogens (tertiary/aromatic N) is 2. The third kappa shape index (κ3) is 4.01. The summed E-state index contributed by atoms with van der Waals surface area (Å²) in [4.78, 5) is 8.33. The Kier molecular flexibility index (Phi) is 5.00. The van der Waals surface area contributed by atoms with Gasteiger partial charge in [-0.1, -0.05) is 18.2 Å². The monoisotopic (exact) mass is 275 g/mol. The quantitative estimate of drug-likeness (QED) is 0.779. The molecule has 2 rings (SSSR count). The average Bonchev–Trinajstić information content (AvgIpc) is 2.52. The van der Waals surface area contributed by atoms with Gasteiger partial charge in [-0.3, -0.25) is 0 Å². The Balaban J connectivity index is 1.84. The molecule has 6 nitrogen and oxygen atoms in total. The average molecular weight is 275 g/mol. The van der Waals surface area contributed by atoms with Crippen LogP contribution in [0.1, 0.15) is 0 Å². The normalized spacial score (nSPS) is 9.90. The summed E-state index contributed by atoms with van der Waals surface area (Å²) in [6.07, 6.45) is 0. The Bertz CT molecular complexity index is 512. The van der Waals surface area contributed by atoms with E-state index in [0.29, 0.717) is 30.9 Å². The molecule has 0 atom stereocenters. The van der Waals surface area contributed by atoms with E-state index in [4.69, 9.17) is 14.2 Å². The summed E-state index contributed by atoms with van der Waals surface area (Å²) in [5, 5.41) is 3.06. The second-order valence-corrected chi connectivity index (χ2v) is 3.86. The Morgan fingerprint density at radius 1 is 1.00 bits per heavy atom. The molecule has 0 saturated carbocycles. The zero-order valence-electron chi connectivity index (χ0n) is 11.5. The first kappa shape index (κ1) is 13.9. The molecule has 0 saturated heterocycles. The van der Waals surface area contributed by atoms with Gasteiger partial charge in [0.05, 0.1) is 26.8 Å². The fourth-order valence-electron chi connectivity index (χ4n) is 1.54. The van der Waals surface area contributed by atoms with Gasteiger partial charge in [-0.25, -0.2) is 0 Å². The lowest BCUT2D eigenvalue weighted by molar-refractivity contribution is 0.332. The number of hydrogen-bond acceptors (Lipinski definition) is 6. The third-order valence-corrected chi connectivity index (χ3v) is 2.49. The molecule has 0 aliphatic carbocycles. The largest absolute Gasteiger partial charge is 0.492 e. The van der Waals surface area contributed by atoms with Gasteiger partial charge in [0.2, 0.25) is 17.7 Å². The molecule has 20 heavy (non-hydrogen) atoms. The van der Waals surface area contributed by atoms with Gasteiger partial charge in [0.25, 0.3) is 0 Å². The van der Waals surface area contributed by atoms with E-state index in [1.165, 1.54) is 0 Å². The summed E-state index contributed by atoms with van der Waals surface area (Å²) in [5.74, 6) is 2.17. The van der Waals surface area contributed by atoms with Gasteiger partial charge in [0.1, 0.15) is 12.4 Å². The van der Waals surface area contributed by atoms with E-state index in [0.717, 1.165) is 5.75 Å². The summed E-state index contributed by atoms with van der Waals surface area (Å²) in [5.41, 5.74) is 0. The molecule has 0 aliphatic heterocycles. The minimum absolute atomic E-state index is 0.442. The van der Waals surface area contributed by atoms with Crippen molar-refractivity contribution in [1.29, 1.82) is 0 Å². The van der Waals surface area contributed by atoms with Crippen molar-refractivity contribution in [2.75, 3.05) is 32.7 Å². The predicted octanol–water partition coefficient (Wildman–Crippen LogP) is 1.98. The van der Waals surface area contributed by atoms with Gasteiger partial charge < -0.3 is 19.5 Å². The number of rotatable bonds is 7. The van der Waals surface area contributed by atoms with Gasteiger partial charge in [-0.05, 0) is 12.1 Å². The van der Waals surface area contributed by atoms with Gasteiger partial charge in [0, 0.05) is 0 Å². The zero-order chi connectivity index (χ0) is 14.2. The molecule has 0 radical (unpaired) electrons. The first-order valence-electron chi connectivity index (χ1n) is 6.20. The van der Waals surface area contributed by atoms with E-state index in [2.05, 4.69) is 15.3 Å². The Labute approximate surface area is 117 Å². The highest BCUT2D eigenvalue weighted by molar-refractivity contribution is 5.33. The highest BCUT2D eigenvalue weighted by atomic mass is 16.5. The van der Waals surface area contributed by atoms with Crippen molar-refractivity contribution in [2.45, 2.75) is 0 Å². The maximum absolute atomic E-state index is 5.56. The molecule has 6 heteroatoms. The number of anilines is 1. The van der Waals surface area contributed by atoms with E-state index in [-0.39, 0.29) is 0 Å². The minimum Gasteiger partial charge on any atom is -0.492 e. The SMILES string of the molecule is COc1cc(OC)nc(NCCOc2ccccc2)n1. The Morgan fingerprint density at radius 2 is 1.65 bits per heavy atom. The lowest BCUT2D eigenvalue weighted by Gasteiger charge is -2.09. The lowest BCUT2D eigenvalue weighted by atomic mass is 10.3. The fourth-order valence-corrected chi connectivity index (χ4v) is 1.54. The molecule has 0 fully saturated rings. The Hall–Kier alpha value is -2.50. The first-order valence-corrected chi connectivity index (χ1v) is 6.20. The molecule has 0 unspecified atom stereocenters. The lowest BCUT2D eigenvalue weighted by Crippen LogP contribution is -2.13. The molecule has 0 amide bonds. The molecule has 106 valence electrons. The molecule has 0 aliphatic rings. The van der Waals surface area contributed by atoms with E-state index < -0.39 is 0 Å². The maximum atomic E-state index is 5.56. The van der Waals surface area contributed by atoms with Crippen LogP contribution in [-0.4, -0.2) is 37.3 Å². The van der Waals surface area contributed by atoms with Crippen molar-refractivity contribution in [3.8, 4) is 17.5 Å². The number of aromatic nitrogens is 2. The van der Waals surface area contributed by atoms with Gasteiger partial charge in [-0.2, -0.15) is 9.97 Å². The van der Waals surface area contributed by atoms with Gasteiger partial charge in [-0.15, -0.1) is 0 Å². The minimum atomic E-state index is 0.442. The summed E-state index contributed by atoms with van der Waals surface area (Å²) < 4.78 is 15.7. The van der Waals surface area contributed by atoms with Crippen molar-refractivity contribution in [3.63, 3.8) is 0 Å². The number of hydrogen-bond donors (Lipinski definition) is 1. The topological polar surface area (TPSA) is 65.5 Å². The second kappa shape index (κ2) is 7.18. The third-order valence-electron chi connectivity index (χ3n) is 2.49. The van der Waals surface area contributed by atoms with Crippen LogP contribution in [0.3, 0.4) is 0 Å². The first-order chi connectivity index (χ1) is 9.81. The highest BCUT2D eigenvalue weighted by Gasteiger charge is 2.04. The van der Waals surface area contributed by atoms with Crippen LogP contribution in [0.5, 0.6) is 17.5 Å². The Morgan fingerprint density at radius 3 is 2.25 bits per heavy atom. The molecular formula is C14H17N3O3. The van der Waals surface area contributed by atoms with Crippen LogP contribution in [0.2, 0.25) is 0 Å². The number of benzene rings is 1. The van der Waals surface area contributed by atoms with Crippen molar-refractivity contribution >= 4 is 5.95 Å².